The molecular formula is C23H31N3OS2. The minimum Gasteiger partial charge on any atom is -0.325 e. The summed E-state index contributed by atoms with van der Waals surface area (Å²) in [5, 5.41) is 3.68. The second-order valence-corrected chi connectivity index (χ2v) is 12.6. The Balaban J connectivity index is 2.18. The molecule has 0 aliphatic carbocycles. The van der Waals surface area contributed by atoms with Gasteiger partial charge in [0.1, 0.15) is 10.5 Å². The van der Waals surface area contributed by atoms with E-state index in [9.17, 15) is 0 Å². The number of aliphatic imine (C=N–C) groups is 1. The van der Waals surface area contributed by atoms with Crippen LogP contribution in [0.3, 0.4) is 0 Å². The minimum atomic E-state index is -3.60. The van der Waals surface area contributed by atoms with Crippen LogP contribution in [0.5, 0.6) is 0 Å². The number of hydrogen-bond donors (Lipinski definition) is 2. The number of rotatable bonds is 7. The van der Waals surface area contributed by atoms with Gasteiger partial charge in [0.15, 0.2) is 5.17 Å². The third-order valence-corrected chi connectivity index (χ3v) is 11.3. The van der Waals surface area contributed by atoms with Gasteiger partial charge in [-0.05, 0) is 31.5 Å². The van der Waals surface area contributed by atoms with Crippen molar-refractivity contribution in [3.8, 4) is 0 Å². The summed E-state index contributed by atoms with van der Waals surface area (Å²) in [6, 6.07) is 20.0. The summed E-state index contributed by atoms with van der Waals surface area (Å²) >= 11 is 5.72. The van der Waals surface area contributed by atoms with E-state index >= 15 is 4.21 Å². The monoisotopic (exact) mass is 429 g/mol. The Labute approximate surface area is 179 Å². The van der Waals surface area contributed by atoms with Crippen molar-refractivity contribution in [2.24, 2.45) is 4.99 Å². The van der Waals surface area contributed by atoms with Gasteiger partial charge in [-0.3, -0.25) is 8.93 Å². The Morgan fingerprint density at radius 1 is 1.14 bits per heavy atom. The summed E-state index contributed by atoms with van der Waals surface area (Å²) in [5.74, 6) is 0.384. The van der Waals surface area contributed by atoms with E-state index in [4.69, 9.17) is 17.2 Å². The van der Waals surface area contributed by atoms with Crippen molar-refractivity contribution in [2.45, 2.75) is 50.2 Å². The first-order valence-electron chi connectivity index (χ1n) is 10.1. The highest BCUT2D eigenvalue weighted by Gasteiger charge is 2.52. The molecule has 3 rings (SSSR count). The van der Waals surface area contributed by atoms with Crippen LogP contribution in [0.4, 0.5) is 0 Å². The Morgan fingerprint density at radius 2 is 1.72 bits per heavy atom. The summed E-state index contributed by atoms with van der Waals surface area (Å²) in [6.07, 6.45) is 1.77. The molecule has 0 saturated heterocycles. The van der Waals surface area contributed by atoms with Crippen LogP contribution in [0.15, 0.2) is 65.7 Å². The van der Waals surface area contributed by atoms with E-state index in [1.807, 2.05) is 67.6 Å². The zero-order chi connectivity index (χ0) is 21.1. The van der Waals surface area contributed by atoms with Gasteiger partial charge in [0.05, 0.1) is 0 Å². The Bertz CT molecular complexity index is 974. The first kappa shape index (κ1) is 21.8. The standard InChI is InChI=1S/C23H31N3OS2/c1-5-12-18(2)29(27,24-4,17-19-13-8-6-9-14-19)22-25-21(28)23(3,26-22)20-15-10-7-11-16-20/h6-11,13-16,18H,5,12,17H2,1-4H3,(H,24,27)(H,25,26,28). The number of nitrogens with zero attached hydrogens (tertiary/aromatic N) is 1. The van der Waals surface area contributed by atoms with Crippen molar-refractivity contribution in [1.82, 2.24) is 10.0 Å². The van der Waals surface area contributed by atoms with Gasteiger partial charge in [-0.1, -0.05) is 93.1 Å². The molecule has 2 aromatic carbocycles. The molecule has 29 heavy (non-hydrogen) atoms. The van der Waals surface area contributed by atoms with E-state index in [2.05, 4.69) is 23.9 Å². The summed E-state index contributed by atoms with van der Waals surface area (Å²) in [4.78, 5) is 5.61. The molecular weight excluding hydrogens is 398 g/mol. The molecule has 1 heterocycles. The maximum absolute atomic E-state index is 15.1. The van der Waals surface area contributed by atoms with Crippen LogP contribution < -0.4 is 10.0 Å². The summed E-state index contributed by atoms with van der Waals surface area (Å²) < 4.78 is 18.4. The van der Waals surface area contributed by atoms with E-state index in [1.54, 1.807) is 7.05 Å². The van der Waals surface area contributed by atoms with Crippen LogP contribution in [0.25, 0.3) is 0 Å². The molecule has 1 aliphatic rings. The van der Waals surface area contributed by atoms with Gasteiger partial charge in [-0.2, -0.15) is 0 Å². The molecule has 2 N–H and O–H groups in total. The molecule has 0 amide bonds. The second kappa shape index (κ2) is 8.09. The molecule has 0 radical (unpaired) electrons. The van der Waals surface area contributed by atoms with Gasteiger partial charge in [-0.25, -0.2) is 4.99 Å². The third kappa shape index (κ3) is 3.69. The van der Waals surface area contributed by atoms with Crippen LogP contribution in [0.2, 0.25) is 0 Å². The van der Waals surface area contributed by atoms with E-state index in [1.165, 1.54) is 0 Å². The van der Waals surface area contributed by atoms with Crippen molar-refractivity contribution in [3.63, 3.8) is 0 Å². The average Bonchev–Trinajstić information content (AvgIpc) is 3.06. The fourth-order valence-corrected chi connectivity index (χ4v) is 8.17. The Hall–Kier alpha value is -1.89. The molecule has 0 aromatic heterocycles. The van der Waals surface area contributed by atoms with E-state index in [0.717, 1.165) is 24.0 Å². The number of amidine groups is 1. The molecule has 1 aliphatic heterocycles. The molecule has 4 nitrogen and oxygen atoms in total. The first-order chi connectivity index (χ1) is 13.8. The molecule has 6 heteroatoms. The van der Waals surface area contributed by atoms with Gasteiger partial charge in [0.25, 0.3) is 0 Å². The average molecular weight is 430 g/mol. The topological polar surface area (TPSA) is 53.5 Å². The van der Waals surface area contributed by atoms with Crippen molar-refractivity contribution in [3.05, 3.63) is 71.8 Å². The third-order valence-electron chi connectivity index (χ3n) is 6.04. The molecule has 0 fully saturated rings. The predicted octanol–water partition coefficient (Wildman–Crippen LogP) is 4.53. The van der Waals surface area contributed by atoms with E-state index < -0.39 is 14.8 Å². The lowest BCUT2D eigenvalue weighted by Gasteiger charge is -2.46. The lowest BCUT2D eigenvalue weighted by Crippen LogP contribution is -2.63. The smallest absolute Gasteiger partial charge is 0.185 e. The van der Waals surface area contributed by atoms with E-state index in [0.29, 0.717) is 15.9 Å². The Kier molecular flexibility index (Phi) is 6.08. The highest BCUT2D eigenvalue weighted by atomic mass is 32.3. The lowest BCUT2D eigenvalue weighted by atomic mass is 9.93. The van der Waals surface area contributed by atoms with Crippen molar-refractivity contribution >= 4 is 31.6 Å². The highest BCUT2D eigenvalue weighted by Crippen LogP contribution is 2.41. The quantitative estimate of drug-likeness (QED) is 0.636. The number of benzene rings is 2. The first-order valence-corrected chi connectivity index (χ1v) is 12.7. The van der Waals surface area contributed by atoms with E-state index in [-0.39, 0.29) is 5.25 Å². The number of thiocarbonyl (C=S) groups is 1. The van der Waals surface area contributed by atoms with Crippen LogP contribution in [-0.2, 0) is 20.5 Å². The largest absolute Gasteiger partial charge is 0.325 e. The zero-order valence-electron chi connectivity index (χ0n) is 17.6. The highest BCUT2D eigenvalue weighted by molar-refractivity contribution is 8.30. The molecule has 0 bridgehead atoms. The molecule has 156 valence electrons. The summed E-state index contributed by atoms with van der Waals surface area (Å²) in [6.45, 7) is 6.17. The molecule has 0 saturated carbocycles. The van der Waals surface area contributed by atoms with Crippen LogP contribution in [0, 0.1) is 0 Å². The van der Waals surface area contributed by atoms with Crippen molar-refractivity contribution < 1.29 is 4.21 Å². The van der Waals surface area contributed by atoms with Gasteiger partial charge < -0.3 is 5.32 Å². The van der Waals surface area contributed by atoms with Gasteiger partial charge >= 0.3 is 0 Å². The molecule has 0 spiro atoms. The fourth-order valence-electron chi connectivity index (χ4n) is 4.00. The van der Waals surface area contributed by atoms with Crippen LogP contribution in [0.1, 0.15) is 44.7 Å². The van der Waals surface area contributed by atoms with Gasteiger partial charge in [-0.15, -0.1) is 0 Å². The zero-order valence-corrected chi connectivity index (χ0v) is 19.3. The van der Waals surface area contributed by atoms with Crippen LogP contribution >= 0.6 is 12.2 Å². The SMILES string of the molecule is CCCC(C)S(=O)(Cc1ccccc1)(NC)C1=NC(C)(c2ccccc2)C(=S)N1. The van der Waals surface area contributed by atoms with Crippen molar-refractivity contribution in [2.75, 3.05) is 7.05 Å². The van der Waals surface area contributed by atoms with Gasteiger partial charge in [0, 0.05) is 20.3 Å². The summed E-state index contributed by atoms with van der Waals surface area (Å²) in [5.41, 5.74) is 1.28. The Morgan fingerprint density at radius 3 is 2.28 bits per heavy atom. The van der Waals surface area contributed by atoms with Crippen LogP contribution in [-0.4, -0.2) is 26.7 Å². The maximum atomic E-state index is 15.1. The predicted molar refractivity (Wildman–Crippen MR) is 129 cm³/mol. The normalized spacial score (nSPS) is 21.7. The minimum absolute atomic E-state index is 0.102. The second-order valence-electron chi connectivity index (χ2n) is 7.92. The number of hydrogen-bond acceptors (Lipinski definition) is 3. The fraction of sp³-hybridized carbons (Fsp3) is 0.391. The lowest BCUT2D eigenvalue weighted by molar-refractivity contribution is 0.628. The summed E-state index contributed by atoms with van der Waals surface area (Å²) in [7, 11) is -1.81. The maximum Gasteiger partial charge on any atom is 0.185 e. The number of nitrogens with one attached hydrogen (secondary N) is 2. The van der Waals surface area contributed by atoms with Gasteiger partial charge in [0.2, 0.25) is 0 Å². The molecule has 2 unspecified atom stereocenters. The molecule has 2 aromatic rings. The molecule has 2 atom stereocenters. The van der Waals surface area contributed by atoms with Crippen molar-refractivity contribution in [1.29, 1.82) is 0 Å².